The van der Waals surface area contributed by atoms with Crippen LogP contribution in [0.25, 0.3) is 111 Å². The molecule has 0 unspecified atom stereocenters. The fraction of sp³-hybridized carbons (Fsp3) is 0.244. The van der Waals surface area contributed by atoms with Crippen molar-refractivity contribution in [1.29, 1.82) is 0 Å². The van der Waals surface area contributed by atoms with E-state index >= 15 is 0 Å². The molecule has 0 spiro atoms. The number of aliphatic hydroxyl groups is 5. The second-order valence-corrected chi connectivity index (χ2v) is 33.6. The van der Waals surface area contributed by atoms with Gasteiger partial charge >= 0.3 is 0 Å². The fourth-order valence-corrected chi connectivity index (χ4v) is 14.3. The van der Waals surface area contributed by atoms with Crippen LogP contribution < -0.4 is 33.2 Å². The van der Waals surface area contributed by atoms with Gasteiger partial charge in [0.15, 0.2) is 28.9 Å². The molecule has 5 N–H and O–H groups in total. The largest absolute Gasteiger partial charge is 0.516 e. The summed E-state index contributed by atoms with van der Waals surface area (Å²) in [6.07, 6.45) is 5.83. The van der Waals surface area contributed by atoms with Gasteiger partial charge in [-0.1, -0.05) is 119 Å². The summed E-state index contributed by atoms with van der Waals surface area (Å²) >= 11 is 0. The number of methoxy groups -OCH3 is 7. The number of pyridine rings is 5. The molecule has 0 fully saturated rings. The van der Waals surface area contributed by atoms with Crippen molar-refractivity contribution < 1.29 is 183 Å². The Morgan fingerprint density at radius 2 is 0.534 bits per heavy atom. The van der Waals surface area contributed by atoms with Gasteiger partial charge < -0.3 is 58.7 Å². The average molecular weight is 2860 g/mol. The van der Waals surface area contributed by atoms with E-state index in [9.17, 15) is 24.0 Å². The molecule has 15 aromatic rings. The zero-order valence-electron chi connectivity index (χ0n) is 87.8. The van der Waals surface area contributed by atoms with E-state index in [1.807, 2.05) is 135 Å². The molecule has 15 rings (SSSR count). The summed E-state index contributed by atoms with van der Waals surface area (Å²) in [5, 5.41) is 47.4. The first kappa shape index (κ1) is 131. The van der Waals surface area contributed by atoms with Gasteiger partial charge in [0.1, 0.15) is 28.7 Å². The van der Waals surface area contributed by atoms with Gasteiger partial charge in [-0.25, -0.2) is 0 Å². The maximum atomic E-state index is 10.0. The minimum absolute atomic E-state index is 0. The molecule has 10 aromatic carbocycles. The van der Waals surface area contributed by atoms with Crippen LogP contribution in [0.1, 0.15) is 136 Å². The van der Waals surface area contributed by atoms with Crippen LogP contribution in [0.2, 0.25) is 0 Å². The molecule has 27 heteroatoms. The summed E-state index contributed by atoms with van der Waals surface area (Å²) in [5.74, 6) is 5.32. The third-order valence-electron chi connectivity index (χ3n) is 20.2. The van der Waals surface area contributed by atoms with Crippen LogP contribution in [-0.4, -0.2) is 129 Å². The van der Waals surface area contributed by atoms with E-state index < -0.39 is 0 Å². The number of ketones is 5. The molecule has 146 heavy (non-hydrogen) atoms. The van der Waals surface area contributed by atoms with Crippen molar-refractivity contribution in [3.8, 4) is 96.5 Å². The average Bonchev–Trinajstić information content (AvgIpc) is 0.816. The van der Waals surface area contributed by atoms with E-state index in [-0.39, 0.29) is 158 Å². The molecule has 5 heterocycles. The standard InChI is InChI=1S/2C19H18NO2.2C19H18NO.C18H16NO.5C5H8O2.5Ir/c1-12-7-15(10-17(8-12)22-4)19-13(2)9-14-5-6-16(21-3)11-18(14)20-19;1-12-5-6-14-11-18(22-4)19(20-17(14)9-12)15-7-13(2)8-16(10-15)21-3;1-12-5-8-17(13(2)9-12)19-14(3)10-15-6-7-16(21-4)11-18(15)20-19;1-12-7-13(2)9-16(8-12)19-14(3)10-15-5-6-17(21-4)11-18(15)20-19;1-12-5-4-6-15(9-12)18-13(2)10-14-7-8-16(20-3)11-17(14)19-18;5*1-4(6)3-5(2)7;;;;;/h2*5-6,8-11H,1-4H3;5-7,9-11H,1-4H3;5-8,10-11H,1-4H3;4-5,7-11H,1-3H3;5*3,6H,1-2H3;;;;;/q5*-1;;;;;;;;;;. The molecule has 0 atom stereocenters. The SMILES string of the molecule is CC(=O)C=C(C)O.CC(=O)C=C(C)O.CC(=O)C=C(C)O.CC(=O)C=C(C)O.CC(=O)C=C(C)O.COc1cc(C)[c-]c(-c2nc3cc(C)ccc3cc2OC)c1.COc1cc(C)[c-]c(-c2nc3cc(OC)ccc3cc2C)c1.COc1ccc2cc(C)c(-c3[c-]c(C)cc(C)c3)nc2c1.COc1ccc2cc(C)c(-c3[c-]cc(C)cc3C)nc2c1.COc1ccc2cc(C)c(-c3[c-]ccc(C)c3)nc2c1.[Ir].[Ir].[Ir].[Ir].[Ir]. The van der Waals surface area contributed by atoms with Gasteiger partial charge in [-0.15, -0.1) is 152 Å². The van der Waals surface area contributed by atoms with Gasteiger partial charge in [0.05, 0.1) is 106 Å². The van der Waals surface area contributed by atoms with Crippen molar-refractivity contribution in [3.05, 3.63) is 344 Å². The minimum Gasteiger partial charge on any atom is -0.516 e. The third-order valence-corrected chi connectivity index (χ3v) is 20.2. The molecule has 0 aliphatic rings. The molecule has 5 aromatic heterocycles. The maximum absolute atomic E-state index is 10.0. The Hall–Kier alpha value is -12.9. The van der Waals surface area contributed by atoms with Crippen LogP contribution >= 0.6 is 0 Å². The topological polar surface area (TPSA) is 316 Å². The number of hydrogen-bond donors (Lipinski definition) is 5. The van der Waals surface area contributed by atoms with Crippen LogP contribution in [0.5, 0.6) is 40.2 Å². The Morgan fingerprint density at radius 3 is 0.842 bits per heavy atom. The molecule has 0 bridgehead atoms. The van der Waals surface area contributed by atoms with Crippen LogP contribution in [0, 0.1) is 113 Å². The van der Waals surface area contributed by atoms with Crippen LogP contribution in [0.4, 0.5) is 0 Å². The Kier molecular flexibility index (Phi) is 58.3. The monoisotopic (exact) mass is 2860 g/mol. The quantitative estimate of drug-likeness (QED) is 0.0321. The number of fused-ring (bicyclic) bond motifs is 5. The molecule has 0 aliphatic heterocycles. The number of allylic oxidation sites excluding steroid dienone is 10. The van der Waals surface area contributed by atoms with Gasteiger partial charge in [0, 0.05) is 178 Å². The summed E-state index contributed by atoms with van der Waals surface area (Å²) < 4.78 is 37.4. The third kappa shape index (κ3) is 43.8. The summed E-state index contributed by atoms with van der Waals surface area (Å²) in [6.45, 7) is 39.1. The van der Waals surface area contributed by atoms with Crippen molar-refractivity contribution in [2.75, 3.05) is 49.8 Å². The molecular formula is C119H128Ir5N5O17-5. The molecule has 0 saturated heterocycles. The molecule has 0 saturated carbocycles. The first-order valence-corrected chi connectivity index (χ1v) is 45.0. The molecule has 0 amide bonds. The van der Waals surface area contributed by atoms with Crippen molar-refractivity contribution in [2.24, 2.45) is 0 Å². The van der Waals surface area contributed by atoms with Gasteiger partial charge in [-0.05, 0) is 214 Å². The Labute approximate surface area is 926 Å². The van der Waals surface area contributed by atoms with Gasteiger partial charge in [-0.2, -0.15) is 0 Å². The minimum atomic E-state index is -0.125. The van der Waals surface area contributed by atoms with Crippen LogP contribution in [0.15, 0.2) is 247 Å². The number of carbonyl (C=O) groups excluding carboxylic acids is 5. The van der Waals surface area contributed by atoms with Crippen molar-refractivity contribution in [1.82, 2.24) is 24.9 Å². The Morgan fingerprint density at radius 1 is 0.253 bits per heavy atom. The van der Waals surface area contributed by atoms with E-state index in [0.717, 1.165) is 190 Å². The first-order valence-electron chi connectivity index (χ1n) is 45.0. The number of aromatic nitrogens is 5. The Bertz CT molecular complexity index is 6950. The molecular weight excluding hydrogens is 2730 g/mol. The zero-order valence-corrected chi connectivity index (χ0v) is 99.8. The molecule has 0 aliphatic carbocycles. The number of ether oxygens (including phenoxy) is 7. The molecule has 22 nitrogen and oxygen atoms in total. The summed E-state index contributed by atoms with van der Waals surface area (Å²) in [5.41, 5.74) is 28.1. The molecule has 781 valence electrons. The van der Waals surface area contributed by atoms with Crippen molar-refractivity contribution in [2.45, 2.75) is 152 Å². The summed E-state index contributed by atoms with van der Waals surface area (Å²) in [6, 6.07) is 79.8. The number of nitrogens with zero attached hydrogens (tertiary/aromatic N) is 5. The van der Waals surface area contributed by atoms with E-state index in [1.54, 1.807) is 49.8 Å². The Balaban J connectivity index is 0.000000836. The van der Waals surface area contributed by atoms with Crippen molar-refractivity contribution >= 4 is 83.4 Å². The van der Waals surface area contributed by atoms with Gasteiger partial charge in [-0.3, -0.25) is 48.9 Å². The van der Waals surface area contributed by atoms with E-state index in [4.69, 9.17) is 83.6 Å². The summed E-state index contributed by atoms with van der Waals surface area (Å²) in [7, 11) is 11.7. The van der Waals surface area contributed by atoms with E-state index in [0.29, 0.717) is 0 Å². The van der Waals surface area contributed by atoms with Crippen molar-refractivity contribution in [3.63, 3.8) is 0 Å². The predicted octanol–water partition coefficient (Wildman–Crippen LogP) is 27.4. The number of carbonyl (C=O) groups is 5. The second kappa shape index (κ2) is 64.9. The number of aliphatic hydroxyl groups excluding tert-OH is 5. The second-order valence-electron chi connectivity index (χ2n) is 33.6. The smallest absolute Gasteiger partial charge is 0.155 e. The zero-order chi connectivity index (χ0) is 105. The van der Waals surface area contributed by atoms with E-state index in [1.165, 1.54) is 127 Å². The van der Waals surface area contributed by atoms with Crippen LogP contribution in [-0.2, 0) is 124 Å². The maximum Gasteiger partial charge on any atom is 0.155 e. The van der Waals surface area contributed by atoms with E-state index in [2.05, 4.69) is 166 Å². The number of benzene rings is 10. The van der Waals surface area contributed by atoms with Gasteiger partial charge in [0.25, 0.3) is 0 Å². The number of rotatable bonds is 17. The first-order chi connectivity index (χ1) is 66.6. The normalized spacial score (nSPS) is 10.6. The summed E-state index contributed by atoms with van der Waals surface area (Å²) in [4.78, 5) is 74.1. The molecule has 5 radical (unpaired) electrons. The number of aryl methyl sites for hydroxylation is 12. The number of hydrogen-bond acceptors (Lipinski definition) is 22. The fourth-order valence-electron chi connectivity index (χ4n) is 14.3. The van der Waals surface area contributed by atoms with Gasteiger partial charge in [0.2, 0.25) is 0 Å². The predicted molar refractivity (Wildman–Crippen MR) is 568 cm³/mol. The van der Waals surface area contributed by atoms with Crippen LogP contribution in [0.3, 0.4) is 0 Å².